The average molecular weight is 332 g/mol. The van der Waals surface area contributed by atoms with Gasteiger partial charge in [0.05, 0.1) is 13.2 Å². The van der Waals surface area contributed by atoms with Gasteiger partial charge >= 0.3 is 0 Å². The van der Waals surface area contributed by atoms with E-state index < -0.39 is 0 Å². The smallest absolute Gasteiger partial charge is 0.104 e. The van der Waals surface area contributed by atoms with Gasteiger partial charge in [0.2, 0.25) is 0 Å². The van der Waals surface area contributed by atoms with Gasteiger partial charge < -0.3 is 15.2 Å². The lowest BCUT2D eigenvalue weighted by Gasteiger charge is -2.28. The van der Waals surface area contributed by atoms with Crippen molar-refractivity contribution >= 4 is 0 Å². The summed E-state index contributed by atoms with van der Waals surface area (Å²) >= 11 is 0. The molecule has 2 aliphatic rings. The first kappa shape index (κ1) is 17.9. The first-order valence-electron chi connectivity index (χ1n) is 9.81. The quantitative estimate of drug-likeness (QED) is 0.700. The molecule has 2 unspecified atom stereocenters. The zero-order chi connectivity index (χ0) is 16.8. The number of aryl methyl sites for hydroxylation is 1. The molecule has 1 aliphatic heterocycles. The second kappa shape index (κ2) is 8.98. The van der Waals surface area contributed by atoms with E-state index in [1.807, 2.05) is 0 Å². The van der Waals surface area contributed by atoms with Crippen LogP contribution in [0.2, 0.25) is 0 Å². The van der Waals surface area contributed by atoms with Crippen molar-refractivity contribution in [3.63, 3.8) is 0 Å². The third kappa shape index (κ3) is 4.59. The summed E-state index contributed by atoms with van der Waals surface area (Å²) in [4.78, 5) is 0. The van der Waals surface area contributed by atoms with Gasteiger partial charge in [0, 0.05) is 6.61 Å². The lowest BCUT2D eigenvalue weighted by atomic mass is 9.80. The highest BCUT2D eigenvalue weighted by atomic mass is 16.6. The molecular weight excluding hydrogens is 298 g/mol. The van der Waals surface area contributed by atoms with Crippen molar-refractivity contribution in [1.82, 2.24) is 0 Å². The Kier molecular flexibility index (Phi) is 6.70. The molecule has 24 heavy (non-hydrogen) atoms. The fraction of sp³-hybridized carbons (Fsp3) is 0.714. The first-order valence-corrected chi connectivity index (χ1v) is 9.81. The number of rotatable bonds is 9. The molecule has 1 aliphatic carbocycles. The Morgan fingerprint density at radius 1 is 1.29 bits per heavy atom. The number of hydrogen-bond acceptors (Lipinski definition) is 3. The van der Waals surface area contributed by atoms with Gasteiger partial charge in [-0.3, -0.25) is 0 Å². The highest BCUT2D eigenvalue weighted by Crippen LogP contribution is 2.31. The van der Waals surface area contributed by atoms with Crippen LogP contribution in [0.4, 0.5) is 0 Å². The van der Waals surface area contributed by atoms with Gasteiger partial charge in [0.1, 0.15) is 6.10 Å². The van der Waals surface area contributed by atoms with Crippen molar-refractivity contribution in [2.75, 3.05) is 26.4 Å². The molecule has 1 heterocycles. The molecule has 2 N–H and O–H groups in total. The Morgan fingerprint density at radius 3 is 2.88 bits per heavy atom. The van der Waals surface area contributed by atoms with Crippen LogP contribution in [0.1, 0.15) is 61.6 Å². The topological polar surface area (TPSA) is 44.5 Å². The molecule has 1 aromatic carbocycles. The van der Waals surface area contributed by atoms with Crippen LogP contribution in [0, 0.1) is 5.92 Å². The number of ether oxygens (including phenoxy) is 2. The fourth-order valence-corrected chi connectivity index (χ4v) is 4.05. The van der Waals surface area contributed by atoms with E-state index in [1.54, 1.807) is 11.1 Å². The number of nitrogens with two attached hydrogens (primary N) is 1. The van der Waals surface area contributed by atoms with Crippen LogP contribution in [0.5, 0.6) is 0 Å². The van der Waals surface area contributed by atoms with Gasteiger partial charge in [0.15, 0.2) is 0 Å². The minimum absolute atomic E-state index is 0.370. The summed E-state index contributed by atoms with van der Waals surface area (Å²) < 4.78 is 10.9. The molecule has 0 spiro atoms. The van der Waals surface area contributed by atoms with E-state index in [0.29, 0.717) is 12.0 Å². The van der Waals surface area contributed by atoms with Gasteiger partial charge in [-0.25, -0.2) is 0 Å². The number of hydrogen-bond donors (Lipinski definition) is 1. The van der Waals surface area contributed by atoms with E-state index in [4.69, 9.17) is 15.2 Å². The summed E-state index contributed by atoms with van der Waals surface area (Å²) in [6.07, 6.45) is 9.03. The van der Waals surface area contributed by atoms with E-state index in [9.17, 15) is 0 Å². The van der Waals surface area contributed by atoms with E-state index in [0.717, 1.165) is 32.3 Å². The van der Waals surface area contributed by atoms with Crippen LogP contribution in [-0.4, -0.2) is 32.5 Å². The monoisotopic (exact) mass is 331 g/mol. The largest absolute Gasteiger partial charge is 0.376 e. The van der Waals surface area contributed by atoms with Crippen molar-refractivity contribution in [3.8, 4) is 0 Å². The molecule has 3 nitrogen and oxygen atoms in total. The van der Waals surface area contributed by atoms with Crippen molar-refractivity contribution in [2.24, 2.45) is 11.7 Å². The Bertz CT molecular complexity index is 513. The predicted molar refractivity (Wildman–Crippen MR) is 98.5 cm³/mol. The van der Waals surface area contributed by atoms with E-state index in [2.05, 4.69) is 25.1 Å². The molecule has 0 aromatic heterocycles. The molecule has 0 saturated carbocycles. The van der Waals surface area contributed by atoms with Gasteiger partial charge in [-0.2, -0.15) is 0 Å². The Morgan fingerprint density at radius 2 is 2.17 bits per heavy atom. The van der Waals surface area contributed by atoms with Gasteiger partial charge in [-0.15, -0.1) is 0 Å². The van der Waals surface area contributed by atoms with Crippen LogP contribution < -0.4 is 5.73 Å². The second-order valence-corrected chi connectivity index (χ2v) is 7.53. The van der Waals surface area contributed by atoms with Gasteiger partial charge in [-0.1, -0.05) is 31.5 Å². The maximum atomic E-state index is 5.97. The lowest BCUT2D eigenvalue weighted by molar-refractivity contribution is -0.130. The van der Waals surface area contributed by atoms with Crippen molar-refractivity contribution in [1.29, 1.82) is 0 Å². The third-order valence-corrected chi connectivity index (χ3v) is 5.67. The Labute approximate surface area is 146 Å². The van der Waals surface area contributed by atoms with Crippen molar-refractivity contribution in [3.05, 3.63) is 34.9 Å². The molecule has 134 valence electrons. The molecule has 1 fully saturated rings. The SMILES string of the molecule is CCCC(CN)c1ccc2c(c1)CCC(CCCOC1COC1)C2. The third-order valence-electron chi connectivity index (χ3n) is 5.67. The van der Waals surface area contributed by atoms with Crippen LogP contribution in [0.25, 0.3) is 0 Å². The van der Waals surface area contributed by atoms with E-state index in [-0.39, 0.29) is 0 Å². The van der Waals surface area contributed by atoms with Crippen molar-refractivity contribution in [2.45, 2.75) is 63.9 Å². The van der Waals surface area contributed by atoms with Gasteiger partial charge in [0.25, 0.3) is 0 Å². The molecule has 3 heteroatoms. The zero-order valence-electron chi connectivity index (χ0n) is 15.1. The minimum atomic E-state index is 0.370. The minimum Gasteiger partial charge on any atom is -0.376 e. The molecular formula is C21H33NO2. The summed E-state index contributed by atoms with van der Waals surface area (Å²) in [5, 5.41) is 0. The zero-order valence-corrected chi connectivity index (χ0v) is 15.1. The van der Waals surface area contributed by atoms with E-state index in [1.165, 1.54) is 50.5 Å². The highest BCUT2D eigenvalue weighted by molar-refractivity contribution is 5.36. The standard InChI is InChI=1S/C21H33NO2/c1-2-4-20(13-22)19-9-8-17-11-16(6-7-18(17)12-19)5-3-10-24-21-14-23-15-21/h8-9,12,16,20-21H,2-7,10-11,13-15,22H2,1H3. The molecule has 3 rings (SSSR count). The summed E-state index contributed by atoms with van der Waals surface area (Å²) in [5.74, 6) is 1.36. The number of fused-ring (bicyclic) bond motifs is 1. The van der Waals surface area contributed by atoms with Crippen LogP contribution in [-0.2, 0) is 22.3 Å². The van der Waals surface area contributed by atoms with Crippen LogP contribution in [0.3, 0.4) is 0 Å². The van der Waals surface area contributed by atoms with Gasteiger partial charge in [-0.05, 0) is 73.6 Å². The molecule has 1 aromatic rings. The molecule has 0 radical (unpaired) electrons. The Balaban J connectivity index is 1.48. The normalized spacial score (nSPS) is 22.0. The number of benzene rings is 1. The molecule has 1 saturated heterocycles. The van der Waals surface area contributed by atoms with E-state index >= 15 is 0 Å². The summed E-state index contributed by atoms with van der Waals surface area (Å²) in [7, 11) is 0. The summed E-state index contributed by atoms with van der Waals surface area (Å²) in [6, 6.07) is 7.14. The summed E-state index contributed by atoms with van der Waals surface area (Å²) in [5.41, 5.74) is 10.6. The first-order chi connectivity index (χ1) is 11.8. The summed E-state index contributed by atoms with van der Waals surface area (Å²) in [6.45, 7) is 5.49. The maximum absolute atomic E-state index is 5.97. The molecule has 0 bridgehead atoms. The molecule has 2 atom stereocenters. The van der Waals surface area contributed by atoms with Crippen LogP contribution in [0.15, 0.2) is 18.2 Å². The fourth-order valence-electron chi connectivity index (χ4n) is 4.05. The second-order valence-electron chi connectivity index (χ2n) is 7.53. The predicted octanol–water partition coefficient (Wildman–Crippen LogP) is 3.83. The highest BCUT2D eigenvalue weighted by Gasteiger charge is 2.21. The van der Waals surface area contributed by atoms with Crippen LogP contribution >= 0.6 is 0 Å². The maximum Gasteiger partial charge on any atom is 0.104 e. The molecule has 0 amide bonds. The lowest BCUT2D eigenvalue weighted by Crippen LogP contribution is -2.36. The Hall–Kier alpha value is -0.900. The van der Waals surface area contributed by atoms with Crippen molar-refractivity contribution < 1.29 is 9.47 Å². The average Bonchev–Trinajstić information content (AvgIpc) is 2.57.